The Balaban J connectivity index is 2.93. The average Bonchev–Trinajstić information content (AvgIpc) is 2.59. The van der Waals surface area contributed by atoms with E-state index in [0.717, 1.165) is 0 Å². The van der Waals surface area contributed by atoms with E-state index < -0.39 is 0 Å². The molecule has 14 heavy (non-hydrogen) atoms. The highest BCUT2D eigenvalue weighted by Crippen LogP contribution is 2.22. The number of aromatic nitrogens is 2. The second-order valence-corrected chi connectivity index (χ2v) is 3.29. The first-order chi connectivity index (χ1) is 6.72. The van der Waals surface area contributed by atoms with Crippen LogP contribution >= 0.6 is 11.8 Å². The van der Waals surface area contributed by atoms with Crippen LogP contribution in [-0.4, -0.2) is 22.4 Å². The molecule has 0 aliphatic rings. The number of carbonyl (C=O) groups excluding carboxylic acids is 1. The van der Waals surface area contributed by atoms with E-state index in [4.69, 9.17) is 5.26 Å². The molecular formula is C8H10N4OS. The quantitative estimate of drug-likeness (QED) is 0.738. The molecule has 1 amide bonds. The molecule has 1 aromatic rings. The van der Waals surface area contributed by atoms with Crippen molar-refractivity contribution in [3.05, 3.63) is 5.56 Å². The standard InChI is InChI=1S/C8H10N4OS/c1-3-6(13)10-7-5(4-9)8(14-2)12-11-7/h3H2,1-2H3,(H2,10,11,12,13). The highest BCUT2D eigenvalue weighted by Gasteiger charge is 2.13. The first-order valence-electron chi connectivity index (χ1n) is 4.05. The fraction of sp³-hybridized carbons (Fsp3) is 0.375. The molecule has 0 fully saturated rings. The van der Waals surface area contributed by atoms with E-state index in [0.29, 0.717) is 22.8 Å². The number of aromatic amines is 1. The van der Waals surface area contributed by atoms with Gasteiger partial charge in [0.1, 0.15) is 22.5 Å². The van der Waals surface area contributed by atoms with Gasteiger partial charge in [-0.15, -0.1) is 11.8 Å². The summed E-state index contributed by atoms with van der Waals surface area (Å²) in [5.74, 6) is 0.238. The van der Waals surface area contributed by atoms with Crippen molar-refractivity contribution in [2.75, 3.05) is 11.6 Å². The first-order valence-corrected chi connectivity index (χ1v) is 5.27. The van der Waals surface area contributed by atoms with Gasteiger partial charge >= 0.3 is 0 Å². The van der Waals surface area contributed by atoms with Crippen molar-refractivity contribution in [2.24, 2.45) is 0 Å². The number of amides is 1. The van der Waals surface area contributed by atoms with Gasteiger partial charge in [0.05, 0.1) is 0 Å². The molecule has 0 saturated heterocycles. The largest absolute Gasteiger partial charge is 0.310 e. The van der Waals surface area contributed by atoms with Crippen molar-refractivity contribution in [1.29, 1.82) is 5.26 Å². The van der Waals surface area contributed by atoms with Gasteiger partial charge in [0.25, 0.3) is 0 Å². The molecule has 2 N–H and O–H groups in total. The number of rotatable bonds is 3. The zero-order valence-corrected chi connectivity index (χ0v) is 8.73. The molecular weight excluding hydrogens is 200 g/mol. The summed E-state index contributed by atoms with van der Waals surface area (Å²) in [5, 5.41) is 18.5. The molecule has 0 saturated carbocycles. The van der Waals surface area contributed by atoms with Crippen LogP contribution in [0.2, 0.25) is 0 Å². The normalized spacial score (nSPS) is 9.50. The number of nitrogens with one attached hydrogen (secondary N) is 2. The lowest BCUT2D eigenvalue weighted by Crippen LogP contribution is -2.10. The third-order valence-corrected chi connectivity index (χ3v) is 2.31. The van der Waals surface area contributed by atoms with E-state index in [1.807, 2.05) is 12.3 Å². The molecule has 1 rings (SSSR count). The van der Waals surface area contributed by atoms with E-state index in [2.05, 4.69) is 15.5 Å². The monoisotopic (exact) mass is 210 g/mol. The summed E-state index contributed by atoms with van der Waals surface area (Å²) in [6, 6.07) is 2.00. The van der Waals surface area contributed by atoms with Crippen LogP contribution in [0.4, 0.5) is 5.82 Å². The van der Waals surface area contributed by atoms with Crippen LogP contribution in [0.5, 0.6) is 0 Å². The molecule has 0 aromatic carbocycles. The van der Waals surface area contributed by atoms with Crippen LogP contribution < -0.4 is 5.32 Å². The van der Waals surface area contributed by atoms with Crippen LogP contribution in [0, 0.1) is 11.3 Å². The van der Waals surface area contributed by atoms with E-state index >= 15 is 0 Å². The Morgan fingerprint density at radius 3 is 3.00 bits per heavy atom. The lowest BCUT2D eigenvalue weighted by molar-refractivity contribution is -0.115. The number of anilines is 1. The maximum Gasteiger partial charge on any atom is 0.225 e. The van der Waals surface area contributed by atoms with Crippen molar-refractivity contribution in [3.8, 4) is 6.07 Å². The fourth-order valence-corrected chi connectivity index (χ4v) is 1.38. The number of thioether (sulfide) groups is 1. The highest BCUT2D eigenvalue weighted by molar-refractivity contribution is 7.98. The average molecular weight is 210 g/mol. The predicted molar refractivity (Wildman–Crippen MR) is 54.0 cm³/mol. The highest BCUT2D eigenvalue weighted by atomic mass is 32.2. The number of hydrogen-bond donors (Lipinski definition) is 2. The molecule has 1 heterocycles. The summed E-state index contributed by atoms with van der Waals surface area (Å²) in [6.45, 7) is 1.74. The minimum absolute atomic E-state index is 0.141. The molecule has 0 bridgehead atoms. The smallest absolute Gasteiger partial charge is 0.225 e. The zero-order valence-electron chi connectivity index (χ0n) is 7.92. The molecule has 5 nitrogen and oxygen atoms in total. The summed E-state index contributed by atoms with van der Waals surface area (Å²) in [4.78, 5) is 11.1. The van der Waals surface area contributed by atoms with Crippen LogP contribution in [-0.2, 0) is 4.79 Å². The number of nitrogens with zero attached hydrogens (tertiary/aromatic N) is 2. The van der Waals surface area contributed by atoms with Gasteiger partial charge in [0, 0.05) is 6.42 Å². The molecule has 0 unspecified atom stereocenters. The summed E-state index contributed by atoms with van der Waals surface area (Å²) >= 11 is 1.36. The second kappa shape index (κ2) is 4.67. The van der Waals surface area contributed by atoms with E-state index in [1.165, 1.54) is 11.8 Å². The van der Waals surface area contributed by atoms with E-state index in [1.54, 1.807) is 6.92 Å². The van der Waals surface area contributed by atoms with Crippen LogP contribution in [0.25, 0.3) is 0 Å². The van der Waals surface area contributed by atoms with Crippen molar-refractivity contribution in [1.82, 2.24) is 10.2 Å². The Morgan fingerprint density at radius 1 is 1.79 bits per heavy atom. The van der Waals surface area contributed by atoms with Crippen molar-refractivity contribution < 1.29 is 4.79 Å². The first kappa shape index (κ1) is 10.6. The molecule has 0 aliphatic heterocycles. The van der Waals surface area contributed by atoms with E-state index in [9.17, 15) is 4.79 Å². The van der Waals surface area contributed by atoms with Crippen LogP contribution in [0.3, 0.4) is 0 Å². The SMILES string of the molecule is CCC(=O)Nc1[nH]nc(SC)c1C#N. The minimum atomic E-state index is -0.141. The maximum absolute atomic E-state index is 11.1. The zero-order chi connectivity index (χ0) is 10.6. The summed E-state index contributed by atoms with van der Waals surface area (Å²) in [6.07, 6.45) is 2.20. The molecule has 6 heteroatoms. The van der Waals surface area contributed by atoms with Gasteiger partial charge in [-0.3, -0.25) is 9.89 Å². The van der Waals surface area contributed by atoms with Crippen LogP contribution in [0.1, 0.15) is 18.9 Å². The Morgan fingerprint density at radius 2 is 2.50 bits per heavy atom. The predicted octanol–water partition coefficient (Wildman–Crippen LogP) is 1.35. The number of nitriles is 1. The molecule has 0 spiro atoms. The molecule has 0 aliphatic carbocycles. The van der Waals surface area contributed by atoms with Crippen molar-refractivity contribution in [2.45, 2.75) is 18.4 Å². The summed E-state index contributed by atoms with van der Waals surface area (Å²) in [7, 11) is 0. The number of carbonyl (C=O) groups is 1. The van der Waals surface area contributed by atoms with Gasteiger partial charge in [-0.1, -0.05) is 6.92 Å². The second-order valence-electron chi connectivity index (χ2n) is 2.50. The molecule has 1 aromatic heterocycles. The third kappa shape index (κ3) is 2.06. The minimum Gasteiger partial charge on any atom is -0.310 e. The molecule has 74 valence electrons. The van der Waals surface area contributed by atoms with Crippen LogP contribution in [0.15, 0.2) is 5.03 Å². The Labute approximate surface area is 85.9 Å². The van der Waals surface area contributed by atoms with Gasteiger partial charge in [-0.05, 0) is 6.26 Å². The maximum atomic E-state index is 11.1. The molecule has 0 radical (unpaired) electrons. The number of hydrogen-bond acceptors (Lipinski definition) is 4. The summed E-state index contributed by atoms with van der Waals surface area (Å²) < 4.78 is 0. The van der Waals surface area contributed by atoms with Gasteiger partial charge in [-0.25, -0.2) is 0 Å². The lowest BCUT2D eigenvalue weighted by Gasteiger charge is -1.98. The summed E-state index contributed by atoms with van der Waals surface area (Å²) in [5.41, 5.74) is 0.388. The topological polar surface area (TPSA) is 81.6 Å². The van der Waals surface area contributed by atoms with E-state index in [-0.39, 0.29) is 5.91 Å². The Bertz CT molecular complexity index is 379. The Kier molecular flexibility index (Phi) is 3.54. The van der Waals surface area contributed by atoms with Gasteiger partial charge in [-0.2, -0.15) is 10.4 Å². The molecule has 0 atom stereocenters. The fourth-order valence-electron chi connectivity index (χ4n) is 0.895. The number of H-pyrrole nitrogens is 1. The third-order valence-electron chi connectivity index (χ3n) is 1.62. The van der Waals surface area contributed by atoms with Crippen molar-refractivity contribution >= 4 is 23.5 Å². The van der Waals surface area contributed by atoms with Crippen molar-refractivity contribution in [3.63, 3.8) is 0 Å². The lowest BCUT2D eigenvalue weighted by atomic mass is 10.3. The van der Waals surface area contributed by atoms with Gasteiger partial charge < -0.3 is 5.32 Å². The van der Waals surface area contributed by atoms with Gasteiger partial charge in [0.15, 0.2) is 0 Å². The van der Waals surface area contributed by atoms with Gasteiger partial charge in [0.2, 0.25) is 5.91 Å². The Hall–Kier alpha value is -1.48.